The minimum absolute atomic E-state index is 0.252. The quantitative estimate of drug-likeness (QED) is 0.535. The molecular weight excluding hydrogens is 240 g/mol. The van der Waals surface area contributed by atoms with Crippen molar-refractivity contribution in [2.75, 3.05) is 45.9 Å². The van der Waals surface area contributed by atoms with Gasteiger partial charge in [-0.25, -0.2) is 0 Å². The van der Waals surface area contributed by atoms with Crippen LogP contribution in [0.15, 0.2) is 0 Å². The zero-order chi connectivity index (χ0) is 14.5. The molecule has 1 atom stereocenters. The summed E-state index contributed by atoms with van der Waals surface area (Å²) in [5, 5.41) is 17.9. The van der Waals surface area contributed by atoms with E-state index in [1.807, 2.05) is 0 Å². The van der Waals surface area contributed by atoms with Gasteiger partial charge in [-0.1, -0.05) is 13.8 Å². The second kappa shape index (κ2) is 12.9. The summed E-state index contributed by atoms with van der Waals surface area (Å²) >= 11 is 0. The van der Waals surface area contributed by atoms with Gasteiger partial charge in [-0.15, -0.1) is 0 Å². The molecule has 116 valence electrons. The number of nitrogens with zero attached hydrogens (tertiary/aromatic N) is 2. The van der Waals surface area contributed by atoms with Gasteiger partial charge >= 0.3 is 0 Å². The number of rotatable bonds is 13. The molecule has 0 bridgehead atoms. The monoisotopic (exact) mass is 274 g/mol. The van der Waals surface area contributed by atoms with Gasteiger partial charge in [0.15, 0.2) is 0 Å². The van der Waals surface area contributed by atoms with Crippen molar-refractivity contribution in [3.63, 3.8) is 0 Å². The van der Waals surface area contributed by atoms with Gasteiger partial charge in [0.05, 0.1) is 0 Å². The van der Waals surface area contributed by atoms with Crippen LogP contribution in [-0.2, 0) is 0 Å². The standard InChI is InChI=1S/C15H34N2O2/c1-4-16(5-2)10-6-9-15(3)17(11-7-13-18)12-8-14-19/h15,18-19H,4-14H2,1-3H3. The minimum Gasteiger partial charge on any atom is -0.396 e. The molecule has 2 N–H and O–H groups in total. The zero-order valence-electron chi connectivity index (χ0n) is 13.1. The lowest BCUT2D eigenvalue weighted by atomic mass is 10.1. The lowest BCUT2D eigenvalue weighted by molar-refractivity contribution is 0.155. The molecule has 0 rings (SSSR count). The van der Waals surface area contributed by atoms with Gasteiger partial charge < -0.3 is 20.0 Å². The van der Waals surface area contributed by atoms with Gasteiger partial charge in [0, 0.05) is 32.3 Å². The van der Waals surface area contributed by atoms with Crippen molar-refractivity contribution in [3.05, 3.63) is 0 Å². The summed E-state index contributed by atoms with van der Waals surface area (Å²) in [7, 11) is 0. The van der Waals surface area contributed by atoms with Crippen molar-refractivity contribution in [3.8, 4) is 0 Å². The van der Waals surface area contributed by atoms with Crippen molar-refractivity contribution in [2.24, 2.45) is 0 Å². The van der Waals surface area contributed by atoms with E-state index in [9.17, 15) is 0 Å². The molecule has 0 aromatic carbocycles. The first-order valence-corrected chi connectivity index (χ1v) is 7.87. The fourth-order valence-electron chi connectivity index (χ4n) is 2.43. The molecule has 0 heterocycles. The second-order valence-corrected chi connectivity index (χ2v) is 5.21. The van der Waals surface area contributed by atoms with Gasteiger partial charge in [0.25, 0.3) is 0 Å². The third kappa shape index (κ3) is 9.38. The van der Waals surface area contributed by atoms with Crippen LogP contribution in [0, 0.1) is 0 Å². The number of aliphatic hydroxyl groups excluding tert-OH is 2. The van der Waals surface area contributed by atoms with Crippen molar-refractivity contribution < 1.29 is 10.2 Å². The molecule has 0 saturated carbocycles. The molecule has 0 aromatic heterocycles. The van der Waals surface area contributed by atoms with Crippen molar-refractivity contribution >= 4 is 0 Å². The molecule has 4 nitrogen and oxygen atoms in total. The Balaban J connectivity index is 3.96. The number of aliphatic hydroxyl groups is 2. The van der Waals surface area contributed by atoms with Gasteiger partial charge in [-0.05, 0) is 52.2 Å². The largest absolute Gasteiger partial charge is 0.396 e. The first-order valence-electron chi connectivity index (χ1n) is 7.87. The summed E-state index contributed by atoms with van der Waals surface area (Å²) in [4.78, 5) is 4.85. The van der Waals surface area contributed by atoms with Crippen LogP contribution < -0.4 is 0 Å². The predicted molar refractivity (Wildman–Crippen MR) is 81.5 cm³/mol. The van der Waals surface area contributed by atoms with Crippen LogP contribution in [-0.4, -0.2) is 72.0 Å². The summed E-state index contributed by atoms with van der Waals surface area (Å²) in [5.41, 5.74) is 0. The Kier molecular flexibility index (Phi) is 12.7. The molecule has 0 aliphatic heterocycles. The maximum Gasteiger partial charge on any atom is 0.0443 e. The lowest BCUT2D eigenvalue weighted by Gasteiger charge is -2.29. The van der Waals surface area contributed by atoms with Crippen LogP contribution in [0.25, 0.3) is 0 Å². The Morgan fingerprint density at radius 2 is 1.37 bits per heavy atom. The second-order valence-electron chi connectivity index (χ2n) is 5.21. The highest BCUT2D eigenvalue weighted by atomic mass is 16.3. The van der Waals surface area contributed by atoms with Gasteiger partial charge in [0.2, 0.25) is 0 Å². The Hall–Kier alpha value is -0.160. The van der Waals surface area contributed by atoms with Crippen LogP contribution in [0.5, 0.6) is 0 Å². The predicted octanol–water partition coefficient (Wildman–Crippen LogP) is 1.56. The van der Waals surface area contributed by atoms with Crippen molar-refractivity contribution in [1.29, 1.82) is 0 Å². The third-order valence-electron chi connectivity index (χ3n) is 3.82. The Bertz CT molecular complexity index is 179. The maximum absolute atomic E-state index is 8.95. The molecular formula is C15H34N2O2. The molecule has 0 amide bonds. The molecule has 0 fully saturated rings. The van der Waals surface area contributed by atoms with E-state index in [1.54, 1.807) is 0 Å². The minimum atomic E-state index is 0.252. The average Bonchev–Trinajstić information content (AvgIpc) is 2.43. The SMILES string of the molecule is CCN(CC)CCCC(C)N(CCCO)CCCO. The van der Waals surface area contributed by atoms with E-state index in [2.05, 4.69) is 30.6 Å². The topological polar surface area (TPSA) is 46.9 Å². The molecule has 0 radical (unpaired) electrons. The Labute approximate surface area is 119 Å². The van der Waals surface area contributed by atoms with Gasteiger partial charge in [-0.2, -0.15) is 0 Å². The molecule has 1 unspecified atom stereocenters. The third-order valence-corrected chi connectivity index (χ3v) is 3.82. The Morgan fingerprint density at radius 3 is 1.79 bits per heavy atom. The molecule has 0 spiro atoms. The van der Waals surface area contributed by atoms with Crippen LogP contribution >= 0.6 is 0 Å². The van der Waals surface area contributed by atoms with E-state index in [4.69, 9.17) is 10.2 Å². The van der Waals surface area contributed by atoms with Crippen LogP contribution in [0.2, 0.25) is 0 Å². The maximum atomic E-state index is 8.95. The van der Waals surface area contributed by atoms with Crippen LogP contribution in [0.1, 0.15) is 46.5 Å². The molecule has 0 aromatic rings. The molecule has 0 aliphatic carbocycles. The zero-order valence-corrected chi connectivity index (χ0v) is 13.1. The molecule has 0 saturated heterocycles. The van der Waals surface area contributed by atoms with E-state index in [1.165, 1.54) is 19.4 Å². The molecule has 0 aliphatic rings. The highest BCUT2D eigenvalue weighted by molar-refractivity contribution is 4.68. The van der Waals surface area contributed by atoms with E-state index in [-0.39, 0.29) is 13.2 Å². The van der Waals surface area contributed by atoms with E-state index in [0.29, 0.717) is 6.04 Å². The van der Waals surface area contributed by atoms with Crippen LogP contribution in [0.3, 0.4) is 0 Å². The fraction of sp³-hybridized carbons (Fsp3) is 1.00. The van der Waals surface area contributed by atoms with Crippen LogP contribution in [0.4, 0.5) is 0 Å². The highest BCUT2D eigenvalue weighted by Crippen LogP contribution is 2.09. The number of hydrogen-bond acceptors (Lipinski definition) is 4. The summed E-state index contributed by atoms with van der Waals surface area (Å²) in [6.45, 7) is 12.5. The first-order chi connectivity index (χ1) is 9.19. The molecule has 19 heavy (non-hydrogen) atoms. The first kappa shape index (κ1) is 18.8. The fourth-order valence-corrected chi connectivity index (χ4v) is 2.43. The van der Waals surface area contributed by atoms with E-state index >= 15 is 0 Å². The van der Waals surface area contributed by atoms with E-state index < -0.39 is 0 Å². The van der Waals surface area contributed by atoms with Gasteiger partial charge in [0.1, 0.15) is 0 Å². The lowest BCUT2D eigenvalue weighted by Crippen LogP contribution is -2.36. The van der Waals surface area contributed by atoms with Gasteiger partial charge in [-0.3, -0.25) is 0 Å². The highest BCUT2D eigenvalue weighted by Gasteiger charge is 2.13. The summed E-state index contributed by atoms with van der Waals surface area (Å²) in [6.07, 6.45) is 4.06. The van der Waals surface area contributed by atoms with Crippen molar-refractivity contribution in [2.45, 2.75) is 52.5 Å². The normalized spacial score (nSPS) is 13.4. The van der Waals surface area contributed by atoms with Crippen molar-refractivity contribution in [1.82, 2.24) is 9.80 Å². The average molecular weight is 274 g/mol. The Morgan fingerprint density at radius 1 is 0.842 bits per heavy atom. The summed E-state index contributed by atoms with van der Waals surface area (Å²) in [6, 6.07) is 0.536. The smallest absolute Gasteiger partial charge is 0.0443 e. The van der Waals surface area contributed by atoms with E-state index in [0.717, 1.165) is 39.0 Å². The summed E-state index contributed by atoms with van der Waals surface area (Å²) in [5.74, 6) is 0. The number of hydrogen-bond donors (Lipinski definition) is 2. The summed E-state index contributed by atoms with van der Waals surface area (Å²) < 4.78 is 0. The molecule has 4 heteroatoms.